The van der Waals surface area contributed by atoms with Gasteiger partial charge in [-0.15, -0.1) is 0 Å². The molecule has 3 aromatic rings. The molecule has 1 heterocycles. The lowest BCUT2D eigenvalue weighted by Gasteiger charge is -2.08. The van der Waals surface area contributed by atoms with Gasteiger partial charge in [0.2, 0.25) is 10.0 Å². The number of hydrogen-bond acceptors (Lipinski definition) is 5. The molecule has 0 saturated heterocycles. The number of hydrogen-bond donors (Lipinski definition) is 3. The van der Waals surface area contributed by atoms with Gasteiger partial charge in [-0.3, -0.25) is 4.72 Å². The summed E-state index contributed by atoms with van der Waals surface area (Å²) in [7, 11) is -3.41. The van der Waals surface area contributed by atoms with E-state index in [-0.39, 0.29) is 10.8 Å². The van der Waals surface area contributed by atoms with Gasteiger partial charge in [0.25, 0.3) is 0 Å². The number of fused-ring (bicyclic) bond motifs is 1. The molecule has 7 nitrogen and oxygen atoms in total. The topological polar surface area (TPSA) is 100 Å². The Morgan fingerprint density at radius 1 is 1.16 bits per heavy atom. The molecule has 0 aliphatic rings. The highest BCUT2D eigenvalue weighted by Gasteiger charge is 2.10. The first-order chi connectivity index (χ1) is 11.8. The highest BCUT2D eigenvalue weighted by atomic mass is 32.2. The molecule has 0 bridgehead atoms. The summed E-state index contributed by atoms with van der Waals surface area (Å²) in [4.78, 5) is 16.1. The molecule has 0 unspecified atom stereocenters. The summed E-state index contributed by atoms with van der Waals surface area (Å²) in [6.07, 6.45) is 1.04. The van der Waals surface area contributed by atoms with Crippen LogP contribution in [0.25, 0.3) is 10.2 Å². The van der Waals surface area contributed by atoms with Gasteiger partial charge in [-0.25, -0.2) is 22.6 Å². The molecule has 0 radical (unpaired) electrons. The minimum absolute atomic E-state index is 0.0642. The van der Waals surface area contributed by atoms with Crippen molar-refractivity contribution in [1.82, 2.24) is 4.98 Å². The Balaban J connectivity index is 1.75. The minimum atomic E-state index is -3.41. The molecule has 0 spiro atoms. The van der Waals surface area contributed by atoms with Crippen LogP contribution in [0.15, 0.2) is 42.5 Å². The van der Waals surface area contributed by atoms with Crippen molar-refractivity contribution in [3.05, 3.63) is 48.3 Å². The van der Waals surface area contributed by atoms with Crippen LogP contribution in [0.2, 0.25) is 0 Å². The first-order valence-electron chi connectivity index (χ1n) is 7.01. The van der Waals surface area contributed by atoms with E-state index in [2.05, 4.69) is 20.3 Å². The van der Waals surface area contributed by atoms with Gasteiger partial charge >= 0.3 is 6.03 Å². The maximum atomic E-state index is 13.5. The molecule has 2 aromatic carbocycles. The van der Waals surface area contributed by atoms with E-state index in [4.69, 9.17) is 0 Å². The van der Waals surface area contributed by atoms with Crippen LogP contribution in [0.1, 0.15) is 0 Å². The van der Waals surface area contributed by atoms with Gasteiger partial charge in [-0.1, -0.05) is 23.5 Å². The fourth-order valence-electron chi connectivity index (χ4n) is 2.05. The Bertz CT molecular complexity index is 1050. The predicted octanol–water partition coefficient (Wildman–Crippen LogP) is 3.45. The Kier molecular flexibility index (Phi) is 4.55. The molecule has 0 saturated carbocycles. The Morgan fingerprint density at radius 2 is 1.92 bits per heavy atom. The van der Waals surface area contributed by atoms with Gasteiger partial charge in [0.05, 0.1) is 22.2 Å². The number of halogens is 1. The minimum Gasteiger partial charge on any atom is -0.308 e. The van der Waals surface area contributed by atoms with Gasteiger partial charge in [-0.05, 0) is 30.3 Å². The Hall–Kier alpha value is -2.72. The van der Waals surface area contributed by atoms with Crippen LogP contribution >= 0.6 is 11.3 Å². The third-order valence-corrected chi connectivity index (χ3v) is 4.69. The number of nitrogens with one attached hydrogen (secondary N) is 3. The van der Waals surface area contributed by atoms with Crippen LogP contribution in [-0.2, 0) is 10.0 Å². The number of urea groups is 1. The average molecular weight is 380 g/mol. The molecule has 130 valence electrons. The van der Waals surface area contributed by atoms with Crippen LogP contribution < -0.4 is 15.4 Å². The Labute approximate surface area is 146 Å². The molecule has 1 aromatic heterocycles. The largest absolute Gasteiger partial charge is 0.323 e. The maximum Gasteiger partial charge on any atom is 0.323 e. The molecule has 0 aliphatic carbocycles. The van der Waals surface area contributed by atoms with Crippen LogP contribution in [0, 0.1) is 5.82 Å². The van der Waals surface area contributed by atoms with Crippen molar-refractivity contribution < 1.29 is 17.6 Å². The summed E-state index contributed by atoms with van der Waals surface area (Å²) in [6, 6.07) is 10.2. The molecule has 3 N–H and O–H groups in total. The monoisotopic (exact) mass is 380 g/mol. The number of thiazole rings is 1. The summed E-state index contributed by atoms with van der Waals surface area (Å²) in [6.45, 7) is 0. The fraction of sp³-hybridized carbons (Fsp3) is 0.0667. The summed E-state index contributed by atoms with van der Waals surface area (Å²) in [5, 5.41) is 5.23. The van der Waals surface area contributed by atoms with Crippen molar-refractivity contribution in [2.75, 3.05) is 21.6 Å². The fourth-order valence-corrected chi connectivity index (χ4v) is 3.74. The molecule has 10 heteroatoms. The number of sulfonamides is 1. The number of para-hydroxylation sites is 1. The van der Waals surface area contributed by atoms with Crippen molar-refractivity contribution in [3.8, 4) is 0 Å². The highest BCUT2D eigenvalue weighted by Crippen LogP contribution is 2.28. The van der Waals surface area contributed by atoms with Crippen molar-refractivity contribution in [3.63, 3.8) is 0 Å². The first kappa shape index (κ1) is 17.1. The second-order valence-electron chi connectivity index (χ2n) is 5.13. The van der Waals surface area contributed by atoms with Crippen molar-refractivity contribution in [2.24, 2.45) is 0 Å². The van der Waals surface area contributed by atoms with Crippen molar-refractivity contribution in [1.29, 1.82) is 0 Å². The molecule has 0 fully saturated rings. The van der Waals surface area contributed by atoms with Gasteiger partial charge in [0.1, 0.15) is 5.82 Å². The lowest BCUT2D eigenvalue weighted by molar-refractivity contribution is 0.262. The SMILES string of the molecule is CS(=O)(=O)Nc1nc2cc(NC(=O)Nc3ccccc3F)ccc2s1. The Morgan fingerprint density at radius 3 is 2.64 bits per heavy atom. The molecule has 3 rings (SSSR count). The van der Waals surface area contributed by atoms with Crippen LogP contribution in [0.4, 0.5) is 25.7 Å². The quantitative estimate of drug-likeness (QED) is 0.645. The van der Waals surface area contributed by atoms with E-state index in [1.54, 1.807) is 24.3 Å². The van der Waals surface area contributed by atoms with E-state index in [9.17, 15) is 17.6 Å². The number of amides is 2. The first-order valence-corrected chi connectivity index (χ1v) is 9.72. The summed E-state index contributed by atoms with van der Waals surface area (Å²) in [5.41, 5.74) is 1.03. The molecule has 0 aliphatic heterocycles. The third kappa shape index (κ3) is 4.43. The van der Waals surface area contributed by atoms with E-state index in [1.807, 2.05) is 0 Å². The zero-order valence-corrected chi connectivity index (χ0v) is 14.5. The lowest BCUT2D eigenvalue weighted by Crippen LogP contribution is -2.20. The van der Waals surface area contributed by atoms with Gasteiger partial charge in [-0.2, -0.15) is 0 Å². The summed E-state index contributed by atoms with van der Waals surface area (Å²) in [5.74, 6) is -0.538. The second kappa shape index (κ2) is 6.65. The molecule has 0 atom stereocenters. The van der Waals surface area contributed by atoms with E-state index in [0.29, 0.717) is 11.2 Å². The number of rotatable bonds is 4. The highest BCUT2D eigenvalue weighted by molar-refractivity contribution is 7.92. The zero-order chi connectivity index (χ0) is 18.0. The van der Waals surface area contributed by atoms with Gasteiger partial charge in [0.15, 0.2) is 5.13 Å². The third-order valence-electron chi connectivity index (χ3n) is 3.04. The van der Waals surface area contributed by atoms with Gasteiger partial charge in [0, 0.05) is 5.69 Å². The standard InChI is InChI=1S/C15H13FN4O3S2/c1-25(22,23)20-15-19-12-8-9(6-7-13(12)24-15)17-14(21)18-11-5-3-2-4-10(11)16/h2-8H,1H3,(H,19,20)(H2,17,18,21). The lowest BCUT2D eigenvalue weighted by atomic mass is 10.3. The number of carbonyl (C=O) groups is 1. The molecule has 2 amide bonds. The zero-order valence-electron chi connectivity index (χ0n) is 12.9. The van der Waals surface area contributed by atoms with Crippen LogP contribution in [0.5, 0.6) is 0 Å². The predicted molar refractivity (Wildman–Crippen MR) is 97.1 cm³/mol. The number of carbonyl (C=O) groups excluding carboxylic acids is 1. The number of aromatic nitrogens is 1. The molecule has 25 heavy (non-hydrogen) atoms. The molecular formula is C15H13FN4O3S2. The van der Waals surface area contributed by atoms with E-state index in [0.717, 1.165) is 11.0 Å². The second-order valence-corrected chi connectivity index (χ2v) is 7.91. The number of benzene rings is 2. The van der Waals surface area contributed by atoms with Crippen molar-refractivity contribution in [2.45, 2.75) is 0 Å². The summed E-state index contributed by atoms with van der Waals surface area (Å²) >= 11 is 1.18. The number of nitrogens with zero attached hydrogens (tertiary/aromatic N) is 1. The van der Waals surface area contributed by atoms with E-state index < -0.39 is 21.9 Å². The van der Waals surface area contributed by atoms with Gasteiger partial charge < -0.3 is 10.6 Å². The maximum absolute atomic E-state index is 13.5. The van der Waals surface area contributed by atoms with Crippen LogP contribution in [-0.4, -0.2) is 25.7 Å². The average Bonchev–Trinajstić information content (AvgIpc) is 2.88. The van der Waals surface area contributed by atoms with E-state index >= 15 is 0 Å². The van der Waals surface area contributed by atoms with Crippen LogP contribution in [0.3, 0.4) is 0 Å². The normalized spacial score (nSPS) is 11.3. The van der Waals surface area contributed by atoms with E-state index in [1.165, 1.54) is 29.5 Å². The van der Waals surface area contributed by atoms with Crippen molar-refractivity contribution >= 4 is 54.1 Å². The number of anilines is 3. The smallest absolute Gasteiger partial charge is 0.308 e. The molecular weight excluding hydrogens is 367 g/mol. The summed E-state index contributed by atoms with van der Waals surface area (Å²) < 4.78 is 39.1.